The highest BCUT2D eigenvalue weighted by molar-refractivity contribution is 5.84. The summed E-state index contributed by atoms with van der Waals surface area (Å²) < 4.78 is 5.32. The van der Waals surface area contributed by atoms with Crippen LogP contribution in [0.15, 0.2) is 18.2 Å². The van der Waals surface area contributed by atoms with Crippen LogP contribution >= 0.6 is 0 Å². The van der Waals surface area contributed by atoms with E-state index < -0.39 is 0 Å². The summed E-state index contributed by atoms with van der Waals surface area (Å²) in [4.78, 5) is 29.3. The fraction of sp³-hybridized carbons (Fsp3) is 0.636. The Hall–Kier alpha value is -2.12. The Bertz CT molecular complexity index is 733. The van der Waals surface area contributed by atoms with Crippen LogP contribution in [-0.4, -0.2) is 69.2 Å². The number of nitrogens with one attached hydrogen (secondary N) is 2. The molecule has 0 radical (unpaired) electrons. The van der Waals surface area contributed by atoms with E-state index in [2.05, 4.69) is 38.6 Å². The lowest BCUT2D eigenvalue weighted by atomic mass is 9.89. The number of anilines is 1. The van der Waals surface area contributed by atoms with Gasteiger partial charge in [0.05, 0.1) is 19.3 Å². The maximum absolute atomic E-state index is 12.5. The van der Waals surface area contributed by atoms with E-state index in [1.807, 2.05) is 0 Å². The van der Waals surface area contributed by atoms with Crippen LogP contribution in [0.2, 0.25) is 0 Å². The highest BCUT2D eigenvalue weighted by Gasteiger charge is 2.29. The van der Waals surface area contributed by atoms with Gasteiger partial charge in [-0.1, -0.05) is 18.2 Å². The lowest BCUT2D eigenvalue weighted by Crippen LogP contribution is -2.42. The van der Waals surface area contributed by atoms with Crippen molar-refractivity contribution in [3.8, 4) is 0 Å². The second-order valence-electron chi connectivity index (χ2n) is 8.16. The number of rotatable bonds is 7. The molecule has 2 amide bonds. The number of hydrogen-bond acceptors (Lipinski definition) is 5. The van der Waals surface area contributed by atoms with Crippen molar-refractivity contribution in [3.63, 3.8) is 0 Å². The van der Waals surface area contributed by atoms with E-state index in [0.717, 1.165) is 58.8 Å². The van der Waals surface area contributed by atoms with Crippen molar-refractivity contribution in [1.82, 2.24) is 15.5 Å². The Morgan fingerprint density at radius 3 is 2.76 bits per heavy atom. The summed E-state index contributed by atoms with van der Waals surface area (Å²) in [6.45, 7) is 6.90. The quantitative estimate of drug-likeness (QED) is 0.720. The normalized spacial score (nSPS) is 21.4. The van der Waals surface area contributed by atoms with Crippen molar-refractivity contribution in [2.75, 3.05) is 57.4 Å². The Labute approximate surface area is 172 Å². The summed E-state index contributed by atoms with van der Waals surface area (Å²) in [6, 6.07) is 6.50. The lowest BCUT2D eigenvalue weighted by Gasteiger charge is -2.40. The third-order valence-corrected chi connectivity index (χ3v) is 6.17. The summed E-state index contributed by atoms with van der Waals surface area (Å²) in [5.74, 6) is -0.0967. The molecular weight excluding hydrogens is 368 g/mol. The molecule has 1 aromatic carbocycles. The number of carbonyl (C=O) groups excluding carboxylic acids is 2. The first-order valence-electron chi connectivity index (χ1n) is 10.9. The van der Waals surface area contributed by atoms with Crippen LogP contribution in [0.1, 0.15) is 42.9 Å². The maximum atomic E-state index is 12.5. The molecule has 0 aromatic heterocycles. The fourth-order valence-electron chi connectivity index (χ4n) is 4.63. The molecule has 0 spiro atoms. The molecule has 3 aliphatic rings. The van der Waals surface area contributed by atoms with E-state index in [1.54, 1.807) is 0 Å². The molecule has 0 saturated carbocycles. The van der Waals surface area contributed by atoms with Gasteiger partial charge in [0, 0.05) is 57.8 Å². The summed E-state index contributed by atoms with van der Waals surface area (Å²) in [5.41, 5.74) is 3.96. The number of para-hydroxylation sites is 1. The second kappa shape index (κ2) is 9.59. The highest BCUT2D eigenvalue weighted by Crippen LogP contribution is 2.39. The minimum Gasteiger partial charge on any atom is -0.379 e. The molecule has 1 aromatic rings. The number of amides is 2. The summed E-state index contributed by atoms with van der Waals surface area (Å²) in [5, 5.41) is 6.09. The molecule has 3 heterocycles. The van der Waals surface area contributed by atoms with Gasteiger partial charge >= 0.3 is 0 Å². The molecule has 158 valence electrons. The Morgan fingerprint density at radius 1 is 1.07 bits per heavy atom. The van der Waals surface area contributed by atoms with E-state index in [0.29, 0.717) is 6.54 Å². The molecule has 1 fully saturated rings. The van der Waals surface area contributed by atoms with Crippen LogP contribution in [0.25, 0.3) is 0 Å². The van der Waals surface area contributed by atoms with Gasteiger partial charge in [0.25, 0.3) is 0 Å². The van der Waals surface area contributed by atoms with Crippen LogP contribution < -0.4 is 15.5 Å². The molecule has 7 heteroatoms. The monoisotopic (exact) mass is 400 g/mol. The van der Waals surface area contributed by atoms with Crippen LogP contribution in [-0.2, 0) is 20.7 Å². The first-order valence-corrected chi connectivity index (χ1v) is 10.9. The third-order valence-electron chi connectivity index (χ3n) is 6.17. The molecule has 2 N–H and O–H groups in total. The molecule has 7 nitrogen and oxygen atoms in total. The lowest BCUT2D eigenvalue weighted by molar-refractivity contribution is -0.126. The maximum Gasteiger partial charge on any atom is 0.220 e. The second-order valence-corrected chi connectivity index (χ2v) is 8.16. The van der Waals surface area contributed by atoms with Crippen molar-refractivity contribution in [3.05, 3.63) is 29.3 Å². The molecular formula is C22H32N4O3. The summed E-state index contributed by atoms with van der Waals surface area (Å²) in [6.07, 6.45) is 3.71. The van der Waals surface area contributed by atoms with Gasteiger partial charge in [-0.15, -0.1) is 0 Å². The molecule has 0 aliphatic carbocycles. The smallest absolute Gasteiger partial charge is 0.220 e. The van der Waals surface area contributed by atoms with Crippen molar-refractivity contribution in [2.45, 2.75) is 38.1 Å². The molecule has 29 heavy (non-hydrogen) atoms. The van der Waals surface area contributed by atoms with E-state index in [1.165, 1.54) is 23.2 Å². The summed E-state index contributed by atoms with van der Waals surface area (Å²) >= 11 is 0. The van der Waals surface area contributed by atoms with Gasteiger partial charge < -0.3 is 20.3 Å². The first kappa shape index (κ1) is 20.2. The van der Waals surface area contributed by atoms with Crippen molar-refractivity contribution < 1.29 is 14.3 Å². The average Bonchev–Trinajstić information content (AvgIpc) is 2.75. The van der Waals surface area contributed by atoms with Crippen LogP contribution in [0.5, 0.6) is 0 Å². The Balaban J connectivity index is 1.21. The van der Waals surface area contributed by atoms with E-state index >= 15 is 0 Å². The van der Waals surface area contributed by atoms with E-state index in [4.69, 9.17) is 4.74 Å². The molecule has 0 bridgehead atoms. The van der Waals surface area contributed by atoms with Gasteiger partial charge in [-0.3, -0.25) is 14.5 Å². The zero-order valence-electron chi connectivity index (χ0n) is 17.1. The van der Waals surface area contributed by atoms with Crippen LogP contribution in [0.3, 0.4) is 0 Å². The molecule has 1 unspecified atom stereocenters. The third kappa shape index (κ3) is 5.08. The number of morpholine rings is 1. The first-order chi connectivity index (χ1) is 14.2. The number of carbonyl (C=O) groups is 2. The Morgan fingerprint density at radius 2 is 1.90 bits per heavy atom. The molecule has 1 atom stereocenters. The van der Waals surface area contributed by atoms with Crippen molar-refractivity contribution >= 4 is 17.5 Å². The topological polar surface area (TPSA) is 73.9 Å². The van der Waals surface area contributed by atoms with Gasteiger partial charge in [-0.25, -0.2) is 0 Å². The van der Waals surface area contributed by atoms with Gasteiger partial charge in [-0.2, -0.15) is 0 Å². The summed E-state index contributed by atoms with van der Waals surface area (Å²) in [7, 11) is 0. The van der Waals surface area contributed by atoms with E-state index in [9.17, 15) is 9.59 Å². The number of nitrogens with zero attached hydrogens (tertiary/aromatic N) is 2. The number of ether oxygens (including phenoxy) is 1. The average molecular weight is 401 g/mol. The van der Waals surface area contributed by atoms with E-state index in [-0.39, 0.29) is 30.7 Å². The number of hydrogen-bond donors (Lipinski definition) is 2. The zero-order chi connectivity index (χ0) is 20.1. The standard InChI is InChI=1S/C22H32N4O3/c27-20(23-9-12-25-13-15-29-16-14-25)6-7-21(28)24-19-8-11-26-10-2-4-17-3-1-5-18(19)22(17)26/h1,3,5,19H,2,4,6-16H2,(H,23,27)(H,24,28). The van der Waals surface area contributed by atoms with Crippen molar-refractivity contribution in [2.24, 2.45) is 0 Å². The Kier molecular flexibility index (Phi) is 6.67. The fourth-order valence-corrected chi connectivity index (χ4v) is 4.63. The number of aryl methyl sites for hydroxylation is 1. The minimum atomic E-state index is -0.0553. The number of benzene rings is 1. The molecule has 1 saturated heterocycles. The zero-order valence-corrected chi connectivity index (χ0v) is 17.1. The molecule has 3 aliphatic heterocycles. The molecule has 4 rings (SSSR count). The van der Waals surface area contributed by atoms with Crippen LogP contribution in [0.4, 0.5) is 5.69 Å². The van der Waals surface area contributed by atoms with Crippen LogP contribution in [0, 0.1) is 0 Å². The van der Waals surface area contributed by atoms with Gasteiger partial charge in [0.1, 0.15) is 0 Å². The van der Waals surface area contributed by atoms with Gasteiger partial charge in [-0.05, 0) is 30.4 Å². The minimum absolute atomic E-state index is 0.0415. The SMILES string of the molecule is O=C(CCC(=O)NC1CCN2CCCc3cccc1c32)NCCN1CCOCC1. The largest absolute Gasteiger partial charge is 0.379 e. The highest BCUT2D eigenvalue weighted by atomic mass is 16.5. The predicted molar refractivity (Wildman–Crippen MR) is 112 cm³/mol. The van der Waals surface area contributed by atoms with Gasteiger partial charge in [0.2, 0.25) is 11.8 Å². The van der Waals surface area contributed by atoms with Crippen molar-refractivity contribution in [1.29, 1.82) is 0 Å². The predicted octanol–water partition coefficient (Wildman–Crippen LogP) is 1.23. The van der Waals surface area contributed by atoms with Gasteiger partial charge in [0.15, 0.2) is 0 Å².